The molecule has 1 aliphatic rings. The molecular weight excluding hydrogens is 588 g/mol. The maximum atomic E-state index is 12.2. The maximum Gasteiger partial charge on any atom is 0.306 e. The normalized spacial score (nSPS) is 16.5. The van der Waals surface area contributed by atoms with Crippen molar-refractivity contribution in [2.75, 3.05) is 13.2 Å². The fourth-order valence-corrected chi connectivity index (χ4v) is 6.27. The number of aliphatic hydroxyl groups excluding tert-OH is 1. The van der Waals surface area contributed by atoms with E-state index in [4.69, 9.17) is 14.2 Å². The summed E-state index contributed by atoms with van der Waals surface area (Å²) in [6.45, 7) is 4.11. The van der Waals surface area contributed by atoms with Gasteiger partial charge in [-0.25, -0.2) is 0 Å². The number of hydrogen-bond donors (Lipinski definition) is 1. The van der Waals surface area contributed by atoms with E-state index in [1.54, 1.807) is 0 Å². The Morgan fingerprint density at radius 1 is 0.596 bits per heavy atom. The molecule has 0 bridgehead atoms. The minimum atomic E-state index is -0.774. The molecule has 6 heteroatoms. The summed E-state index contributed by atoms with van der Waals surface area (Å²) >= 11 is 0. The second-order valence-electron chi connectivity index (χ2n) is 14.1. The van der Waals surface area contributed by atoms with Crippen molar-refractivity contribution in [1.82, 2.24) is 0 Å². The van der Waals surface area contributed by atoms with Crippen molar-refractivity contribution in [1.29, 1.82) is 0 Å². The third-order valence-electron chi connectivity index (χ3n) is 9.48. The third-order valence-corrected chi connectivity index (χ3v) is 9.48. The number of aliphatic hydroxyl groups is 1. The molecule has 1 fully saturated rings. The van der Waals surface area contributed by atoms with Crippen LogP contribution in [0.3, 0.4) is 0 Å². The van der Waals surface area contributed by atoms with Crippen molar-refractivity contribution in [2.24, 2.45) is 0 Å². The van der Waals surface area contributed by atoms with Gasteiger partial charge in [0.2, 0.25) is 0 Å². The molecule has 0 aromatic carbocycles. The first kappa shape index (κ1) is 43.6. The highest BCUT2D eigenvalue weighted by Crippen LogP contribution is 2.30. The van der Waals surface area contributed by atoms with Gasteiger partial charge in [0.1, 0.15) is 6.61 Å². The number of carbonyl (C=O) groups is 2. The average molecular weight is 665 g/mol. The molecular formula is C41H76O6. The van der Waals surface area contributed by atoms with Gasteiger partial charge in [-0.15, -0.1) is 0 Å². The fraction of sp³-hybridized carbons (Fsp3) is 0.902. The molecule has 0 aromatic rings. The predicted octanol–water partition coefficient (Wildman–Crippen LogP) is 11.5. The summed E-state index contributed by atoms with van der Waals surface area (Å²) in [5.74, 6) is -0.603. The van der Waals surface area contributed by atoms with Crippen molar-refractivity contribution in [3.63, 3.8) is 0 Å². The first-order valence-corrected chi connectivity index (χ1v) is 20.4. The van der Waals surface area contributed by atoms with Crippen molar-refractivity contribution in [2.45, 2.75) is 225 Å². The van der Waals surface area contributed by atoms with E-state index < -0.39 is 6.10 Å². The maximum absolute atomic E-state index is 12.2. The fourth-order valence-electron chi connectivity index (χ4n) is 6.27. The first-order valence-electron chi connectivity index (χ1n) is 20.4. The van der Waals surface area contributed by atoms with Crippen molar-refractivity contribution in [3.8, 4) is 0 Å². The standard InChI is InChI=1S/C41H76O6/c1-3-5-7-8-9-10-11-12-13-14-15-16-17-18-23-26-30-34-41(44)46-37(35-42)36-45-40(43)33-29-25-22-20-19-21-24-28-32-39-38(47-39)31-27-6-4-2/h24,28,37-39,42H,3-23,25-27,29-36H2,1-2H3/b28-24-/t37-,38?,39?/m0/s1. The Morgan fingerprint density at radius 2 is 1.06 bits per heavy atom. The van der Waals surface area contributed by atoms with E-state index in [1.807, 2.05) is 0 Å². The van der Waals surface area contributed by atoms with Gasteiger partial charge >= 0.3 is 11.9 Å². The van der Waals surface area contributed by atoms with E-state index in [-0.39, 0.29) is 25.2 Å². The van der Waals surface area contributed by atoms with Crippen LogP contribution in [0, 0.1) is 0 Å². The zero-order valence-corrected chi connectivity index (χ0v) is 31.0. The number of ether oxygens (including phenoxy) is 3. The molecule has 3 atom stereocenters. The highest BCUT2D eigenvalue weighted by atomic mass is 16.6. The molecule has 2 unspecified atom stereocenters. The Bertz CT molecular complexity index is 737. The quantitative estimate of drug-likeness (QED) is 0.0310. The molecule has 0 saturated carbocycles. The molecule has 0 radical (unpaired) electrons. The summed E-state index contributed by atoms with van der Waals surface area (Å²) in [5.41, 5.74) is 0. The van der Waals surface area contributed by atoms with E-state index in [0.717, 1.165) is 51.4 Å². The van der Waals surface area contributed by atoms with Gasteiger partial charge in [-0.2, -0.15) is 0 Å². The Kier molecular flexibility index (Phi) is 30.7. The molecule has 1 saturated heterocycles. The first-order chi connectivity index (χ1) is 23.1. The number of allylic oxidation sites excluding steroid dienone is 1. The predicted molar refractivity (Wildman–Crippen MR) is 196 cm³/mol. The smallest absolute Gasteiger partial charge is 0.306 e. The third kappa shape index (κ3) is 29.3. The van der Waals surface area contributed by atoms with Gasteiger partial charge in [0.25, 0.3) is 0 Å². The molecule has 0 amide bonds. The van der Waals surface area contributed by atoms with E-state index in [1.165, 1.54) is 128 Å². The molecule has 6 nitrogen and oxygen atoms in total. The summed E-state index contributed by atoms with van der Waals surface area (Å²) in [6.07, 6.45) is 40.1. The monoisotopic (exact) mass is 665 g/mol. The molecule has 1 rings (SSSR count). The van der Waals surface area contributed by atoms with Crippen LogP contribution in [0.15, 0.2) is 12.2 Å². The number of hydrogen-bond acceptors (Lipinski definition) is 6. The van der Waals surface area contributed by atoms with E-state index in [9.17, 15) is 14.7 Å². The average Bonchev–Trinajstić information content (AvgIpc) is 3.83. The van der Waals surface area contributed by atoms with Crippen LogP contribution in [0.4, 0.5) is 0 Å². The van der Waals surface area contributed by atoms with Gasteiger partial charge in [0, 0.05) is 12.8 Å². The lowest BCUT2D eigenvalue weighted by molar-refractivity contribution is -0.161. The van der Waals surface area contributed by atoms with E-state index >= 15 is 0 Å². The zero-order valence-electron chi connectivity index (χ0n) is 31.0. The van der Waals surface area contributed by atoms with Gasteiger partial charge in [-0.1, -0.05) is 167 Å². The number of unbranched alkanes of at least 4 members (excludes halogenated alkanes) is 23. The molecule has 0 spiro atoms. The Hall–Kier alpha value is -1.40. The molecule has 276 valence electrons. The molecule has 1 N–H and O–H groups in total. The van der Waals surface area contributed by atoms with E-state index in [0.29, 0.717) is 25.0 Å². The summed E-state index contributed by atoms with van der Waals surface area (Å²) in [5, 5.41) is 9.56. The summed E-state index contributed by atoms with van der Waals surface area (Å²) in [4.78, 5) is 24.3. The van der Waals surface area contributed by atoms with Crippen molar-refractivity contribution < 1.29 is 28.9 Å². The van der Waals surface area contributed by atoms with Crippen LogP contribution in [-0.2, 0) is 23.8 Å². The van der Waals surface area contributed by atoms with Crippen LogP contribution in [0.1, 0.15) is 206 Å². The molecule has 1 aliphatic heterocycles. The van der Waals surface area contributed by atoms with E-state index in [2.05, 4.69) is 26.0 Å². The van der Waals surface area contributed by atoms with Gasteiger partial charge in [-0.3, -0.25) is 9.59 Å². The topological polar surface area (TPSA) is 85.4 Å². The Balaban J connectivity index is 1.85. The van der Waals surface area contributed by atoms with Gasteiger partial charge in [-0.05, 0) is 38.5 Å². The summed E-state index contributed by atoms with van der Waals surface area (Å²) in [6, 6.07) is 0. The number of carbonyl (C=O) groups excluding carboxylic acids is 2. The lowest BCUT2D eigenvalue weighted by Crippen LogP contribution is -2.28. The summed E-state index contributed by atoms with van der Waals surface area (Å²) in [7, 11) is 0. The largest absolute Gasteiger partial charge is 0.462 e. The van der Waals surface area contributed by atoms with Gasteiger partial charge < -0.3 is 19.3 Å². The second kappa shape index (κ2) is 33.1. The highest BCUT2D eigenvalue weighted by molar-refractivity contribution is 5.70. The van der Waals surface area contributed by atoms with Crippen LogP contribution in [0.2, 0.25) is 0 Å². The summed E-state index contributed by atoms with van der Waals surface area (Å²) < 4.78 is 16.3. The molecule has 0 aliphatic carbocycles. The van der Waals surface area contributed by atoms with Crippen LogP contribution in [0.5, 0.6) is 0 Å². The van der Waals surface area contributed by atoms with Crippen LogP contribution in [0.25, 0.3) is 0 Å². The number of rotatable bonds is 36. The van der Waals surface area contributed by atoms with Gasteiger partial charge in [0.15, 0.2) is 6.10 Å². The molecule has 0 aromatic heterocycles. The minimum absolute atomic E-state index is 0.0716. The van der Waals surface area contributed by atoms with Crippen LogP contribution in [-0.4, -0.2) is 48.6 Å². The number of esters is 2. The lowest BCUT2D eigenvalue weighted by atomic mass is 10.0. The van der Waals surface area contributed by atoms with Crippen molar-refractivity contribution in [3.05, 3.63) is 12.2 Å². The van der Waals surface area contributed by atoms with Crippen LogP contribution >= 0.6 is 0 Å². The minimum Gasteiger partial charge on any atom is -0.462 e. The zero-order chi connectivity index (χ0) is 34.0. The van der Waals surface area contributed by atoms with Crippen LogP contribution < -0.4 is 0 Å². The number of epoxide rings is 1. The molecule has 1 heterocycles. The lowest BCUT2D eigenvalue weighted by Gasteiger charge is -2.15. The van der Waals surface area contributed by atoms with Gasteiger partial charge in [0.05, 0.1) is 18.8 Å². The SMILES string of the molecule is CCCCCCCCCCCCCCCCCCCC(=O)O[C@@H](CO)COC(=O)CCCCCCC/C=C\CC1OC1CCCCC. The highest BCUT2D eigenvalue weighted by Gasteiger charge is 2.36. The Labute approximate surface area is 290 Å². The molecule has 47 heavy (non-hydrogen) atoms. The second-order valence-corrected chi connectivity index (χ2v) is 14.1. The van der Waals surface area contributed by atoms with Crippen molar-refractivity contribution >= 4 is 11.9 Å². The Morgan fingerprint density at radius 3 is 1.60 bits per heavy atom.